The van der Waals surface area contributed by atoms with E-state index in [2.05, 4.69) is 62.5 Å². The summed E-state index contributed by atoms with van der Waals surface area (Å²) in [6, 6.07) is 0. The molecule has 572 valence electrons. The van der Waals surface area contributed by atoms with Gasteiger partial charge in [0.1, 0.15) is 6.61 Å². The van der Waals surface area contributed by atoms with Crippen molar-refractivity contribution in [3.63, 3.8) is 0 Å². The van der Waals surface area contributed by atoms with Gasteiger partial charge in [0.15, 0.2) is 6.10 Å². The van der Waals surface area contributed by atoms with Gasteiger partial charge in [0.2, 0.25) is 0 Å². The van der Waals surface area contributed by atoms with Crippen LogP contribution in [0.5, 0.6) is 0 Å². The number of rotatable bonds is 83. The van der Waals surface area contributed by atoms with Gasteiger partial charge in [-0.3, -0.25) is 18.6 Å². The third-order valence-corrected chi connectivity index (χ3v) is 20.7. The van der Waals surface area contributed by atoms with Crippen LogP contribution >= 0.6 is 7.82 Å². The van der Waals surface area contributed by atoms with Crippen molar-refractivity contribution in [3.8, 4) is 0 Å². The summed E-state index contributed by atoms with van der Waals surface area (Å²) in [7, 11) is -4.40. The first-order valence-electron chi connectivity index (χ1n) is 43.1. The second-order valence-corrected chi connectivity index (χ2v) is 30.8. The highest BCUT2D eigenvalue weighted by Crippen LogP contribution is 2.43. The first-order valence-corrected chi connectivity index (χ1v) is 44.6. The second kappa shape index (κ2) is 82.9. The van der Waals surface area contributed by atoms with Crippen molar-refractivity contribution in [1.82, 2.24) is 0 Å². The van der Waals surface area contributed by atoms with Crippen LogP contribution in [-0.2, 0) is 32.7 Å². The Morgan fingerprint density at radius 1 is 0.320 bits per heavy atom. The molecule has 0 saturated carbocycles. The Labute approximate surface area is 604 Å². The molecule has 97 heavy (non-hydrogen) atoms. The maximum Gasteiger partial charge on any atom is 0.472 e. The Morgan fingerprint density at radius 2 is 0.567 bits per heavy atom. The molecule has 0 heterocycles. The normalized spacial score (nSPS) is 13.0. The zero-order valence-electron chi connectivity index (χ0n) is 64.9. The van der Waals surface area contributed by atoms with Crippen molar-refractivity contribution in [2.75, 3.05) is 26.4 Å². The minimum absolute atomic E-state index is 0.0566. The van der Waals surface area contributed by atoms with Crippen LogP contribution in [0.3, 0.4) is 0 Å². The summed E-state index contributed by atoms with van der Waals surface area (Å²) >= 11 is 0. The lowest BCUT2D eigenvalue weighted by Gasteiger charge is -2.19. The molecule has 9 nitrogen and oxygen atoms in total. The number of carbonyl (C=O) groups excluding carboxylic acids is 2. The molecule has 0 fully saturated rings. The van der Waals surface area contributed by atoms with Crippen LogP contribution in [0.2, 0.25) is 0 Å². The Bertz CT molecular complexity index is 1730. The first kappa shape index (κ1) is 95.0. The van der Waals surface area contributed by atoms with E-state index < -0.39 is 26.5 Å². The zero-order chi connectivity index (χ0) is 70.0. The lowest BCUT2D eigenvalue weighted by atomic mass is 10.0. The molecule has 0 aliphatic carbocycles. The third-order valence-electron chi connectivity index (χ3n) is 19.7. The van der Waals surface area contributed by atoms with Gasteiger partial charge in [-0.2, -0.15) is 0 Å². The molecule has 0 radical (unpaired) electrons. The summed E-state index contributed by atoms with van der Waals surface area (Å²) in [5.74, 6) is -0.799. The van der Waals surface area contributed by atoms with Crippen LogP contribution in [0.25, 0.3) is 0 Å². The number of esters is 2. The summed E-state index contributed by atoms with van der Waals surface area (Å²) in [6.07, 6.45) is 109. The third kappa shape index (κ3) is 82.8. The van der Waals surface area contributed by atoms with Crippen LogP contribution in [0, 0.1) is 0 Å². The maximum atomic E-state index is 12.8. The lowest BCUT2D eigenvalue weighted by molar-refractivity contribution is -0.161. The van der Waals surface area contributed by atoms with Crippen molar-refractivity contribution in [3.05, 3.63) is 48.6 Å². The van der Waals surface area contributed by atoms with Gasteiger partial charge in [-0.15, -0.1) is 0 Å². The van der Waals surface area contributed by atoms with Crippen molar-refractivity contribution >= 4 is 19.8 Å². The number of phosphoric ester groups is 1. The molecule has 0 aliphatic rings. The number of phosphoric acid groups is 1. The molecule has 0 bridgehead atoms. The predicted molar refractivity (Wildman–Crippen MR) is 423 cm³/mol. The van der Waals surface area contributed by atoms with Gasteiger partial charge in [-0.05, 0) is 51.4 Å². The number of hydrogen-bond acceptors (Lipinski definition) is 8. The monoisotopic (exact) mass is 1380 g/mol. The number of allylic oxidation sites excluding steroid dienone is 8. The fourth-order valence-electron chi connectivity index (χ4n) is 13.4. The van der Waals surface area contributed by atoms with Gasteiger partial charge in [0.25, 0.3) is 0 Å². The minimum atomic E-state index is -4.40. The van der Waals surface area contributed by atoms with Gasteiger partial charge < -0.3 is 20.1 Å². The molecule has 3 N–H and O–H groups in total. The van der Waals surface area contributed by atoms with Crippen molar-refractivity contribution in [2.45, 2.75) is 469 Å². The second-order valence-electron chi connectivity index (χ2n) is 29.4. The molecular formula is C87H166NO8P. The van der Waals surface area contributed by atoms with Crippen molar-refractivity contribution < 1.29 is 37.6 Å². The van der Waals surface area contributed by atoms with E-state index in [1.54, 1.807) is 0 Å². The van der Waals surface area contributed by atoms with E-state index in [1.807, 2.05) is 0 Å². The summed E-state index contributed by atoms with van der Waals surface area (Å²) in [5.41, 5.74) is 5.42. The number of ether oxygens (including phenoxy) is 2. The van der Waals surface area contributed by atoms with Gasteiger partial charge in [0.05, 0.1) is 13.2 Å². The SMILES string of the molecule is CC/C=C\C/C=C\C/C=C\C/C=C\CCCCCCCCCCCCCCCCCCCCCCCCCCC(=O)OC(COC(=O)CCCCCCCCCCCCCCCCCCCCCCCCCCCCCCCCCCCCCCCCC)COP(=O)(O)OCCN. The zero-order valence-corrected chi connectivity index (χ0v) is 65.7. The topological polar surface area (TPSA) is 134 Å². The highest BCUT2D eigenvalue weighted by Gasteiger charge is 2.26. The van der Waals surface area contributed by atoms with Gasteiger partial charge in [-0.25, -0.2) is 4.57 Å². The highest BCUT2D eigenvalue weighted by atomic mass is 31.2. The Hall–Kier alpha value is -2.03. The van der Waals surface area contributed by atoms with E-state index in [-0.39, 0.29) is 38.6 Å². The molecular weight excluding hydrogens is 1220 g/mol. The molecule has 0 saturated heterocycles. The number of unbranched alkanes of at least 4 members (excludes halogenated alkanes) is 62. The van der Waals surface area contributed by atoms with E-state index in [4.69, 9.17) is 24.3 Å². The molecule has 0 amide bonds. The van der Waals surface area contributed by atoms with E-state index in [0.29, 0.717) is 6.42 Å². The number of carbonyl (C=O) groups is 2. The summed E-state index contributed by atoms with van der Waals surface area (Å²) in [5, 5.41) is 0. The minimum Gasteiger partial charge on any atom is -0.462 e. The molecule has 0 aromatic carbocycles. The molecule has 0 spiro atoms. The average Bonchev–Trinajstić information content (AvgIpc) is 2.17. The van der Waals surface area contributed by atoms with Gasteiger partial charge in [0, 0.05) is 19.4 Å². The van der Waals surface area contributed by atoms with Crippen LogP contribution in [0.15, 0.2) is 48.6 Å². The fraction of sp³-hybridized carbons (Fsp3) is 0.885. The highest BCUT2D eigenvalue weighted by molar-refractivity contribution is 7.47. The largest absolute Gasteiger partial charge is 0.472 e. The summed E-state index contributed by atoms with van der Waals surface area (Å²) in [6.45, 7) is 3.73. The smallest absolute Gasteiger partial charge is 0.462 e. The Morgan fingerprint density at radius 3 is 0.845 bits per heavy atom. The van der Waals surface area contributed by atoms with Gasteiger partial charge >= 0.3 is 19.8 Å². The average molecular weight is 1390 g/mol. The molecule has 0 aromatic heterocycles. The van der Waals surface area contributed by atoms with Crippen LogP contribution in [0.4, 0.5) is 0 Å². The van der Waals surface area contributed by atoms with E-state index in [1.165, 1.54) is 372 Å². The maximum absolute atomic E-state index is 12.8. The molecule has 0 aromatic rings. The quantitative estimate of drug-likeness (QED) is 0.0264. The molecule has 0 aliphatic heterocycles. The van der Waals surface area contributed by atoms with E-state index >= 15 is 0 Å². The lowest BCUT2D eigenvalue weighted by Crippen LogP contribution is -2.29. The van der Waals surface area contributed by atoms with Gasteiger partial charge in [-0.1, -0.05) is 448 Å². The number of hydrogen-bond donors (Lipinski definition) is 2. The summed E-state index contributed by atoms with van der Waals surface area (Å²) < 4.78 is 33.3. The number of nitrogens with two attached hydrogens (primary N) is 1. The Balaban J connectivity index is 3.70. The Kier molecular flexibility index (Phi) is 81.2. The van der Waals surface area contributed by atoms with Crippen LogP contribution in [0.1, 0.15) is 463 Å². The molecule has 2 atom stereocenters. The molecule has 10 heteroatoms. The molecule has 2 unspecified atom stereocenters. The standard InChI is InChI=1S/C87H166NO8P/c1-3-5-7-9-11-13-15-17-19-21-23-25-27-29-31-33-35-37-39-41-42-44-45-47-49-51-53-55-57-59-61-63-65-67-69-71-73-75-77-79-86(89)93-83-85(84-95-97(91,92)94-82-81-88)96-87(90)80-78-76-74-72-70-68-66-64-62-60-58-56-54-52-50-48-46-43-40-38-36-34-32-30-28-26-24-22-20-18-16-14-12-10-8-6-4-2/h6,8,12,14,18,20,24,26,85H,3-5,7,9-11,13,15-17,19,21-23,25,27-84,88H2,1-2H3,(H,91,92)/b8-6-,14-12-,20-18-,26-24-. The van der Waals surface area contributed by atoms with Crippen molar-refractivity contribution in [2.24, 2.45) is 5.73 Å². The predicted octanol–water partition coefficient (Wildman–Crippen LogP) is 29.1. The van der Waals surface area contributed by atoms with E-state index in [0.717, 1.165) is 57.8 Å². The van der Waals surface area contributed by atoms with Crippen molar-refractivity contribution in [1.29, 1.82) is 0 Å². The first-order chi connectivity index (χ1) is 47.8. The van der Waals surface area contributed by atoms with Crippen LogP contribution in [-0.4, -0.2) is 49.3 Å². The summed E-state index contributed by atoms with van der Waals surface area (Å²) in [4.78, 5) is 35.5. The fourth-order valence-corrected chi connectivity index (χ4v) is 14.2. The van der Waals surface area contributed by atoms with Crippen LogP contribution < -0.4 is 5.73 Å². The van der Waals surface area contributed by atoms with E-state index in [9.17, 15) is 19.0 Å². The molecule has 0 rings (SSSR count).